The third-order valence-corrected chi connectivity index (χ3v) is 3.59. The molecule has 1 aromatic carbocycles. The van der Waals surface area contributed by atoms with Crippen molar-refractivity contribution in [3.05, 3.63) is 40.3 Å². The van der Waals surface area contributed by atoms with E-state index in [-0.39, 0.29) is 11.7 Å². The Bertz CT molecular complexity index is 573. The quantitative estimate of drug-likeness (QED) is 0.860. The minimum absolute atomic E-state index is 0.0466. The number of rotatable bonds is 3. The summed E-state index contributed by atoms with van der Waals surface area (Å²) in [7, 11) is 1.68. The zero-order valence-corrected chi connectivity index (χ0v) is 10.5. The van der Waals surface area contributed by atoms with Gasteiger partial charge in [0.05, 0.1) is 0 Å². The van der Waals surface area contributed by atoms with Gasteiger partial charge >= 0.3 is 5.69 Å². The predicted molar refractivity (Wildman–Crippen MR) is 67.0 cm³/mol. The molecule has 17 heavy (non-hydrogen) atoms. The van der Waals surface area contributed by atoms with Crippen LogP contribution < -0.4 is 11.4 Å². The molecule has 0 saturated heterocycles. The summed E-state index contributed by atoms with van der Waals surface area (Å²) in [5.74, 6) is 0. The van der Waals surface area contributed by atoms with Crippen molar-refractivity contribution in [1.29, 1.82) is 0 Å². The molecule has 6 heteroatoms. The van der Waals surface area contributed by atoms with Gasteiger partial charge in [0.15, 0.2) is 5.16 Å². The summed E-state index contributed by atoms with van der Waals surface area (Å²) >= 11 is 1.43. The number of H-pyrrole nitrogens is 1. The predicted octanol–water partition coefficient (Wildman–Crippen LogP) is 1.28. The smallest absolute Gasteiger partial charge is 0.324 e. The van der Waals surface area contributed by atoms with Gasteiger partial charge in [0, 0.05) is 18.0 Å². The fourth-order valence-corrected chi connectivity index (χ4v) is 2.50. The van der Waals surface area contributed by atoms with Crippen molar-refractivity contribution < 1.29 is 0 Å². The Morgan fingerprint density at radius 2 is 2.18 bits per heavy atom. The highest BCUT2D eigenvalue weighted by Gasteiger charge is 2.11. The van der Waals surface area contributed by atoms with Crippen LogP contribution >= 0.6 is 11.8 Å². The monoisotopic (exact) mass is 250 g/mol. The molecular weight excluding hydrogens is 236 g/mol. The Labute approximate surface area is 103 Å². The summed E-state index contributed by atoms with van der Waals surface area (Å²) in [6, 6.07) is 7.81. The summed E-state index contributed by atoms with van der Waals surface area (Å²) in [5, 5.41) is 7.00. The van der Waals surface area contributed by atoms with E-state index in [9.17, 15) is 4.79 Å². The second kappa shape index (κ2) is 4.77. The van der Waals surface area contributed by atoms with E-state index in [2.05, 4.69) is 10.2 Å². The van der Waals surface area contributed by atoms with E-state index in [4.69, 9.17) is 5.73 Å². The highest BCUT2D eigenvalue weighted by atomic mass is 32.2. The lowest BCUT2D eigenvalue weighted by Gasteiger charge is -2.10. The summed E-state index contributed by atoms with van der Waals surface area (Å²) in [6.07, 6.45) is 0. The molecule has 0 saturated carbocycles. The zero-order chi connectivity index (χ0) is 12.4. The third kappa shape index (κ3) is 2.42. The lowest BCUT2D eigenvalue weighted by Crippen LogP contribution is -2.13. The number of nitrogens with two attached hydrogens (primary N) is 1. The van der Waals surface area contributed by atoms with Crippen LogP contribution in [0.1, 0.15) is 18.5 Å². The van der Waals surface area contributed by atoms with Crippen LogP contribution in [0.2, 0.25) is 0 Å². The second-order valence-electron chi connectivity index (χ2n) is 3.80. The normalized spacial score (nSPS) is 12.6. The van der Waals surface area contributed by atoms with Gasteiger partial charge in [0.1, 0.15) is 0 Å². The Morgan fingerprint density at radius 1 is 1.47 bits per heavy atom. The third-order valence-electron chi connectivity index (χ3n) is 2.45. The molecule has 2 aromatic rings. The van der Waals surface area contributed by atoms with Gasteiger partial charge in [-0.05, 0) is 30.3 Å². The minimum Gasteiger partial charge on any atom is -0.324 e. The molecule has 0 spiro atoms. The van der Waals surface area contributed by atoms with Crippen LogP contribution in [-0.2, 0) is 7.05 Å². The molecule has 0 amide bonds. The van der Waals surface area contributed by atoms with Crippen molar-refractivity contribution >= 4 is 11.8 Å². The van der Waals surface area contributed by atoms with Gasteiger partial charge < -0.3 is 5.73 Å². The van der Waals surface area contributed by atoms with Crippen molar-refractivity contribution in [2.45, 2.75) is 23.0 Å². The fraction of sp³-hybridized carbons (Fsp3) is 0.273. The molecule has 2 rings (SSSR count). The van der Waals surface area contributed by atoms with Gasteiger partial charge in [-0.3, -0.25) is 4.57 Å². The number of hydrogen-bond donors (Lipinski definition) is 2. The van der Waals surface area contributed by atoms with Gasteiger partial charge in [-0.2, -0.15) is 0 Å². The summed E-state index contributed by atoms with van der Waals surface area (Å²) in [5.41, 5.74) is 6.73. The highest BCUT2D eigenvalue weighted by Crippen LogP contribution is 2.30. The molecule has 90 valence electrons. The molecule has 3 N–H and O–H groups in total. The highest BCUT2D eigenvalue weighted by molar-refractivity contribution is 7.99. The SMILES string of the molecule is CC(N)c1ccccc1Sc1n[nH]c(=O)n1C. The Morgan fingerprint density at radius 3 is 2.76 bits per heavy atom. The number of nitrogens with one attached hydrogen (secondary N) is 1. The van der Waals surface area contributed by atoms with Crippen molar-refractivity contribution in [2.24, 2.45) is 12.8 Å². The van der Waals surface area contributed by atoms with Crippen LogP contribution in [0.25, 0.3) is 0 Å². The molecule has 1 atom stereocenters. The van der Waals surface area contributed by atoms with E-state index in [1.165, 1.54) is 16.3 Å². The Balaban J connectivity index is 2.36. The molecule has 5 nitrogen and oxygen atoms in total. The van der Waals surface area contributed by atoms with Crippen molar-refractivity contribution in [3.63, 3.8) is 0 Å². The maximum atomic E-state index is 11.3. The first-order chi connectivity index (χ1) is 8.09. The molecule has 0 radical (unpaired) electrons. The van der Waals surface area contributed by atoms with E-state index in [1.807, 2.05) is 31.2 Å². The molecule has 0 aliphatic heterocycles. The van der Waals surface area contributed by atoms with Crippen molar-refractivity contribution in [1.82, 2.24) is 14.8 Å². The molecule has 0 aliphatic rings. The summed E-state index contributed by atoms with van der Waals surface area (Å²) < 4.78 is 1.47. The first kappa shape index (κ1) is 11.9. The molecule has 0 aliphatic carbocycles. The van der Waals surface area contributed by atoms with Gasteiger partial charge in [0.25, 0.3) is 0 Å². The van der Waals surface area contributed by atoms with E-state index in [1.54, 1.807) is 7.05 Å². The van der Waals surface area contributed by atoms with Gasteiger partial charge in [-0.25, -0.2) is 9.89 Å². The second-order valence-corrected chi connectivity index (χ2v) is 4.81. The van der Waals surface area contributed by atoms with Crippen molar-refractivity contribution in [2.75, 3.05) is 0 Å². The van der Waals surface area contributed by atoms with Crippen molar-refractivity contribution in [3.8, 4) is 0 Å². The molecular formula is C11H14N4OS. The van der Waals surface area contributed by atoms with E-state index in [0.717, 1.165) is 10.5 Å². The molecule has 1 heterocycles. The van der Waals surface area contributed by atoms with Gasteiger partial charge in [-0.1, -0.05) is 18.2 Å². The number of benzene rings is 1. The lowest BCUT2D eigenvalue weighted by molar-refractivity contribution is 0.762. The molecule has 0 fully saturated rings. The molecule has 1 aromatic heterocycles. The lowest BCUT2D eigenvalue weighted by atomic mass is 10.1. The summed E-state index contributed by atoms with van der Waals surface area (Å²) in [6.45, 7) is 1.93. The van der Waals surface area contributed by atoms with Gasteiger partial charge in [-0.15, -0.1) is 5.10 Å². The zero-order valence-electron chi connectivity index (χ0n) is 9.68. The van der Waals surface area contributed by atoms with Crippen LogP contribution in [0.15, 0.2) is 39.1 Å². The van der Waals surface area contributed by atoms with Crippen LogP contribution in [0.5, 0.6) is 0 Å². The van der Waals surface area contributed by atoms with Gasteiger partial charge in [0.2, 0.25) is 0 Å². The standard InChI is InChI=1S/C11H14N4OS/c1-7(12)8-5-3-4-6-9(8)17-11-14-13-10(16)15(11)2/h3-7H,12H2,1-2H3,(H,13,16). The van der Waals surface area contributed by atoms with Crippen LogP contribution in [-0.4, -0.2) is 14.8 Å². The van der Waals surface area contributed by atoms with Crippen LogP contribution in [0.4, 0.5) is 0 Å². The fourth-order valence-electron chi connectivity index (χ4n) is 1.47. The van der Waals surface area contributed by atoms with E-state index < -0.39 is 0 Å². The summed E-state index contributed by atoms with van der Waals surface area (Å²) in [4.78, 5) is 12.3. The Kier molecular flexibility index (Phi) is 3.35. The first-order valence-electron chi connectivity index (χ1n) is 5.23. The number of aromatic nitrogens is 3. The number of hydrogen-bond acceptors (Lipinski definition) is 4. The number of aromatic amines is 1. The largest absolute Gasteiger partial charge is 0.343 e. The Hall–Kier alpha value is -1.53. The topological polar surface area (TPSA) is 76.7 Å². The van der Waals surface area contributed by atoms with E-state index in [0.29, 0.717) is 5.16 Å². The van der Waals surface area contributed by atoms with E-state index >= 15 is 0 Å². The molecule has 1 unspecified atom stereocenters. The molecule has 0 bridgehead atoms. The average Bonchev–Trinajstić information content (AvgIpc) is 2.61. The first-order valence-corrected chi connectivity index (χ1v) is 6.05. The maximum Gasteiger partial charge on any atom is 0.343 e. The van der Waals surface area contributed by atoms with Crippen LogP contribution in [0.3, 0.4) is 0 Å². The average molecular weight is 250 g/mol. The minimum atomic E-state index is -0.217. The number of nitrogens with zero attached hydrogens (tertiary/aromatic N) is 2. The maximum absolute atomic E-state index is 11.3. The van der Waals surface area contributed by atoms with Crippen LogP contribution in [0, 0.1) is 0 Å².